The van der Waals surface area contributed by atoms with Crippen molar-refractivity contribution in [3.05, 3.63) is 0 Å². The first-order valence-electron chi connectivity index (χ1n) is 4.61. The van der Waals surface area contributed by atoms with E-state index in [0.29, 0.717) is 19.4 Å². The summed E-state index contributed by atoms with van der Waals surface area (Å²) in [6.07, 6.45) is 1.03. The SMILES string of the molecule is CCOC(=O)[C@@H]1CCC(=O)N[C@H]1C. The second kappa shape index (κ2) is 4.25. The number of hydrogen-bond donors (Lipinski definition) is 1. The number of carbonyl (C=O) groups is 2. The van der Waals surface area contributed by atoms with E-state index in [1.807, 2.05) is 6.92 Å². The molecule has 0 saturated carbocycles. The van der Waals surface area contributed by atoms with Crippen LogP contribution in [0.3, 0.4) is 0 Å². The van der Waals surface area contributed by atoms with Gasteiger partial charge in [-0.05, 0) is 20.3 Å². The molecule has 0 aromatic heterocycles. The number of nitrogens with one attached hydrogen (secondary N) is 1. The van der Waals surface area contributed by atoms with E-state index in [2.05, 4.69) is 5.32 Å². The molecule has 1 heterocycles. The summed E-state index contributed by atoms with van der Waals surface area (Å²) in [7, 11) is 0. The van der Waals surface area contributed by atoms with Crippen LogP contribution in [0.1, 0.15) is 26.7 Å². The number of ether oxygens (including phenoxy) is 1. The molecular weight excluding hydrogens is 170 g/mol. The molecular formula is C9H15NO3. The summed E-state index contributed by atoms with van der Waals surface area (Å²) in [5.41, 5.74) is 0. The van der Waals surface area contributed by atoms with Crippen LogP contribution >= 0.6 is 0 Å². The number of esters is 1. The lowest BCUT2D eigenvalue weighted by Crippen LogP contribution is -2.46. The lowest BCUT2D eigenvalue weighted by Gasteiger charge is -2.27. The van der Waals surface area contributed by atoms with Crippen LogP contribution in [0.4, 0.5) is 0 Å². The zero-order valence-corrected chi connectivity index (χ0v) is 8.00. The van der Waals surface area contributed by atoms with E-state index in [0.717, 1.165) is 0 Å². The fourth-order valence-corrected chi connectivity index (χ4v) is 1.53. The topological polar surface area (TPSA) is 55.4 Å². The van der Waals surface area contributed by atoms with Crippen LogP contribution in [-0.4, -0.2) is 24.5 Å². The van der Waals surface area contributed by atoms with Gasteiger partial charge in [0, 0.05) is 12.5 Å². The highest BCUT2D eigenvalue weighted by atomic mass is 16.5. The molecule has 0 aliphatic carbocycles. The minimum Gasteiger partial charge on any atom is -0.466 e. The molecule has 4 nitrogen and oxygen atoms in total. The van der Waals surface area contributed by atoms with Crippen LogP contribution < -0.4 is 5.32 Å². The minimum absolute atomic E-state index is 0.0213. The molecule has 0 aromatic rings. The Morgan fingerprint density at radius 2 is 2.38 bits per heavy atom. The first-order chi connectivity index (χ1) is 6.15. The van der Waals surface area contributed by atoms with Gasteiger partial charge in [-0.2, -0.15) is 0 Å². The van der Waals surface area contributed by atoms with Crippen LogP contribution in [0.2, 0.25) is 0 Å². The largest absolute Gasteiger partial charge is 0.466 e. The number of piperidine rings is 1. The second-order valence-corrected chi connectivity index (χ2v) is 3.25. The Balaban J connectivity index is 2.50. The van der Waals surface area contributed by atoms with Gasteiger partial charge in [-0.25, -0.2) is 0 Å². The fraction of sp³-hybridized carbons (Fsp3) is 0.778. The Labute approximate surface area is 77.6 Å². The molecule has 1 N–H and O–H groups in total. The lowest BCUT2D eigenvalue weighted by molar-refractivity contribution is -0.150. The van der Waals surface area contributed by atoms with E-state index in [-0.39, 0.29) is 23.8 Å². The summed E-state index contributed by atoms with van der Waals surface area (Å²) in [4.78, 5) is 22.3. The molecule has 1 saturated heterocycles. The fourth-order valence-electron chi connectivity index (χ4n) is 1.53. The van der Waals surface area contributed by atoms with Crippen LogP contribution in [0.15, 0.2) is 0 Å². The highest BCUT2D eigenvalue weighted by Gasteiger charge is 2.31. The summed E-state index contributed by atoms with van der Waals surface area (Å²) in [6, 6.07) is -0.0969. The Bertz CT molecular complexity index is 215. The molecule has 1 aliphatic rings. The average Bonchev–Trinajstić information content (AvgIpc) is 2.04. The van der Waals surface area contributed by atoms with Gasteiger partial charge in [0.1, 0.15) is 0 Å². The van der Waals surface area contributed by atoms with Gasteiger partial charge in [0.05, 0.1) is 12.5 Å². The van der Waals surface area contributed by atoms with Crippen molar-refractivity contribution in [2.45, 2.75) is 32.7 Å². The van der Waals surface area contributed by atoms with Crippen molar-refractivity contribution in [1.29, 1.82) is 0 Å². The highest BCUT2D eigenvalue weighted by molar-refractivity contribution is 5.81. The summed E-state index contributed by atoms with van der Waals surface area (Å²) in [5, 5.41) is 2.73. The van der Waals surface area contributed by atoms with Crippen molar-refractivity contribution >= 4 is 11.9 Å². The van der Waals surface area contributed by atoms with Gasteiger partial charge in [-0.15, -0.1) is 0 Å². The number of rotatable bonds is 2. The molecule has 13 heavy (non-hydrogen) atoms. The smallest absolute Gasteiger partial charge is 0.311 e. The third-order valence-corrected chi connectivity index (χ3v) is 2.26. The van der Waals surface area contributed by atoms with E-state index in [1.165, 1.54) is 0 Å². The van der Waals surface area contributed by atoms with Gasteiger partial charge in [-0.1, -0.05) is 0 Å². The van der Waals surface area contributed by atoms with Crippen molar-refractivity contribution in [2.24, 2.45) is 5.92 Å². The van der Waals surface area contributed by atoms with Crippen molar-refractivity contribution < 1.29 is 14.3 Å². The van der Waals surface area contributed by atoms with Crippen LogP contribution in [-0.2, 0) is 14.3 Å². The van der Waals surface area contributed by atoms with E-state index in [4.69, 9.17) is 4.74 Å². The summed E-state index contributed by atoms with van der Waals surface area (Å²) < 4.78 is 4.90. The second-order valence-electron chi connectivity index (χ2n) is 3.25. The summed E-state index contributed by atoms with van der Waals surface area (Å²) >= 11 is 0. The van der Waals surface area contributed by atoms with Crippen LogP contribution in [0.5, 0.6) is 0 Å². The van der Waals surface area contributed by atoms with Gasteiger partial charge >= 0.3 is 5.97 Å². The molecule has 0 aromatic carbocycles. The van der Waals surface area contributed by atoms with E-state index in [9.17, 15) is 9.59 Å². The Morgan fingerprint density at radius 3 is 2.92 bits per heavy atom. The maximum atomic E-state index is 11.3. The predicted octanol–water partition coefficient (Wildman–Crippen LogP) is 0.464. The van der Waals surface area contributed by atoms with E-state index < -0.39 is 0 Å². The molecule has 1 fully saturated rings. The molecule has 0 unspecified atom stereocenters. The maximum Gasteiger partial charge on any atom is 0.311 e. The van der Waals surface area contributed by atoms with Gasteiger partial charge in [0.25, 0.3) is 0 Å². The van der Waals surface area contributed by atoms with Crippen LogP contribution in [0.25, 0.3) is 0 Å². The zero-order valence-electron chi connectivity index (χ0n) is 8.00. The first-order valence-corrected chi connectivity index (χ1v) is 4.61. The zero-order chi connectivity index (χ0) is 9.84. The third kappa shape index (κ3) is 2.44. The van der Waals surface area contributed by atoms with Gasteiger partial charge in [-0.3, -0.25) is 9.59 Å². The van der Waals surface area contributed by atoms with Gasteiger partial charge in [0.15, 0.2) is 0 Å². The highest BCUT2D eigenvalue weighted by Crippen LogP contribution is 2.18. The number of hydrogen-bond acceptors (Lipinski definition) is 3. The first kappa shape index (κ1) is 10.0. The molecule has 0 bridgehead atoms. The maximum absolute atomic E-state index is 11.3. The lowest BCUT2D eigenvalue weighted by atomic mass is 9.92. The molecule has 0 spiro atoms. The number of carbonyl (C=O) groups excluding carboxylic acids is 2. The Morgan fingerprint density at radius 1 is 1.69 bits per heavy atom. The van der Waals surface area contributed by atoms with Crippen molar-refractivity contribution in [1.82, 2.24) is 5.32 Å². The average molecular weight is 185 g/mol. The van der Waals surface area contributed by atoms with Crippen LogP contribution in [0, 0.1) is 5.92 Å². The van der Waals surface area contributed by atoms with Crippen molar-refractivity contribution in [3.8, 4) is 0 Å². The Hall–Kier alpha value is -1.06. The molecule has 1 rings (SSSR count). The van der Waals surface area contributed by atoms with Crippen molar-refractivity contribution in [2.75, 3.05) is 6.61 Å². The molecule has 1 amide bonds. The quantitative estimate of drug-likeness (QED) is 0.636. The summed E-state index contributed by atoms with van der Waals surface area (Å²) in [6.45, 7) is 4.01. The Kier molecular flexibility index (Phi) is 3.28. The summed E-state index contributed by atoms with van der Waals surface area (Å²) in [5.74, 6) is -0.347. The molecule has 1 aliphatic heterocycles. The molecule has 74 valence electrons. The minimum atomic E-state index is -0.199. The van der Waals surface area contributed by atoms with Gasteiger partial charge < -0.3 is 10.1 Å². The molecule has 2 atom stereocenters. The van der Waals surface area contributed by atoms with Gasteiger partial charge in [0.2, 0.25) is 5.91 Å². The standard InChI is InChI=1S/C9H15NO3/c1-3-13-9(12)7-4-5-8(11)10-6(7)2/h6-7H,3-5H2,1-2H3,(H,10,11)/t6-,7+/m0/s1. The molecule has 0 radical (unpaired) electrons. The monoisotopic (exact) mass is 185 g/mol. The van der Waals surface area contributed by atoms with Crippen molar-refractivity contribution in [3.63, 3.8) is 0 Å². The molecule has 4 heteroatoms. The van der Waals surface area contributed by atoms with E-state index in [1.54, 1.807) is 6.92 Å². The number of amides is 1. The predicted molar refractivity (Wildman–Crippen MR) is 47.0 cm³/mol. The third-order valence-electron chi connectivity index (χ3n) is 2.26. The van der Waals surface area contributed by atoms with E-state index >= 15 is 0 Å². The normalized spacial score (nSPS) is 28.0.